The van der Waals surface area contributed by atoms with E-state index >= 15 is 0 Å². The average Bonchev–Trinajstić information content (AvgIpc) is 2.16. The predicted molar refractivity (Wildman–Crippen MR) is 57.9 cm³/mol. The smallest absolute Gasteiger partial charge is 0.316 e. The maximum absolute atomic E-state index is 10.5. The maximum Gasteiger partial charge on any atom is 0.316 e. The molecule has 1 aromatic rings. The molecule has 5 heteroatoms. The van der Waals surface area contributed by atoms with Crippen molar-refractivity contribution in [2.45, 2.75) is 0 Å². The van der Waals surface area contributed by atoms with E-state index in [0.717, 1.165) is 5.56 Å². The van der Waals surface area contributed by atoms with Crippen molar-refractivity contribution in [1.29, 1.82) is 0 Å². The number of nitrogens with two attached hydrogens (primary N) is 2. The Bertz CT molecular complexity index is 396. The summed E-state index contributed by atoms with van der Waals surface area (Å²) < 4.78 is 0. The van der Waals surface area contributed by atoms with E-state index in [1.807, 2.05) is 0 Å². The zero-order valence-electron chi connectivity index (χ0n) is 7.94. The molecule has 0 aliphatic rings. The Morgan fingerprint density at radius 1 is 1.13 bits per heavy atom. The summed E-state index contributed by atoms with van der Waals surface area (Å²) in [5.74, 6) is -0.505. The van der Waals surface area contributed by atoms with Crippen molar-refractivity contribution in [2.75, 3.05) is 5.32 Å². The molecule has 0 bridgehead atoms. The van der Waals surface area contributed by atoms with E-state index < -0.39 is 11.9 Å². The summed E-state index contributed by atoms with van der Waals surface area (Å²) in [6.07, 6.45) is 2.84. The number of primary amides is 2. The molecule has 0 aliphatic heterocycles. The fourth-order valence-corrected chi connectivity index (χ4v) is 0.998. The Morgan fingerprint density at radius 3 is 2.20 bits per heavy atom. The van der Waals surface area contributed by atoms with Crippen LogP contribution in [0.1, 0.15) is 5.56 Å². The van der Waals surface area contributed by atoms with Crippen LogP contribution in [0.3, 0.4) is 0 Å². The monoisotopic (exact) mass is 205 g/mol. The molecule has 1 rings (SSSR count). The van der Waals surface area contributed by atoms with Gasteiger partial charge in [0.25, 0.3) is 0 Å². The third-order valence-corrected chi connectivity index (χ3v) is 1.62. The summed E-state index contributed by atoms with van der Waals surface area (Å²) in [6, 6.07) is 6.18. The molecule has 0 saturated carbocycles. The fraction of sp³-hybridized carbons (Fsp3) is 0. The van der Waals surface area contributed by atoms with Gasteiger partial charge in [-0.25, -0.2) is 4.79 Å². The van der Waals surface area contributed by atoms with Crippen LogP contribution < -0.4 is 16.8 Å². The van der Waals surface area contributed by atoms with E-state index in [-0.39, 0.29) is 0 Å². The second-order valence-corrected chi connectivity index (χ2v) is 2.85. The predicted octanol–water partition coefficient (Wildman–Crippen LogP) is 0.676. The molecule has 0 saturated heterocycles. The summed E-state index contributed by atoms with van der Waals surface area (Å²) in [4.78, 5) is 21.0. The van der Waals surface area contributed by atoms with Crippen LogP contribution in [0.5, 0.6) is 0 Å². The summed E-state index contributed by atoms with van der Waals surface area (Å²) in [5, 5.41) is 2.42. The van der Waals surface area contributed by atoms with Crippen LogP contribution in [0, 0.1) is 0 Å². The third kappa shape index (κ3) is 3.95. The Hall–Kier alpha value is -2.30. The Morgan fingerprint density at radius 2 is 1.73 bits per heavy atom. The molecular weight excluding hydrogens is 194 g/mol. The first-order valence-electron chi connectivity index (χ1n) is 4.22. The number of carbonyl (C=O) groups excluding carboxylic acids is 2. The Kier molecular flexibility index (Phi) is 3.45. The molecule has 0 unspecified atom stereocenters. The first kappa shape index (κ1) is 10.8. The van der Waals surface area contributed by atoms with Gasteiger partial charge in [-0.05, 0) is 23.8 Å². The number of carbonyl (C=O) groups is 2. The number of hydrogen-bond donors (Lipinski definition) is 3. The second kappa shape index (κ2) is 4.80. The summed E-state index contributed by atoms with van der Waals surface area (Å²) in [5.41, 5.74) is 11.3. The number of nitrogens with one attached hydrogen (secondary N) is 1. The summed E-state index contributed by atoms with van der Waals surface area (Å²) in [7, 11) is 0. The SMILES string of the molecule is NC(=O)C=Cc1ccc(NC(N)=O)cc1. The first-order valence-corrected chi connectivity index (χ1v) is 4.22. The van der Waals surface area contributed by atoms with E-state index in [1.54, 1.807) is 30.3 Å². The van der Waals surface area contributed by atoms with Crippen molar-refractivity contribution < 1.29 is 9.59 Å². The van der Waals surface area contributed by atoms with Gasteiger partial charge >= 0.3 is 6.03 Å². The lowest BCUT2D eigenvalue weighted by atomic mass is 10.2. The van der Waals surface area contributed by atoms with Crippen LogP contribution in [0.25, 0.3) is 6.08 Å². The van der Waals surface area contributed by atoms with Crippen molar-refractivity contribution in [3.63, 3.8) is 0 Å². The molecule has 15 heavy (non-hydrogen) atoms. The van der Waals surface area contributed by atoms with Crippen molar-refractivity contribution >= 4 is 23.7 Å². The largest absolute Gasteiger partial charge is 0.366 e. The van der Waals surface area contributed by atoms with Crippen LogP contribution >= 0.6 is 0 Å². The molecule has 1 aromatic carbocycles. The molecule has 5 nitrogen and oxygen atoms in total. The number of benzene rings is 1. The number of hydrogen-bond acceptors (Lipinski definition) is 2. The van der Waals surface area contributed by atoms with E-state index in [0.29, 0.717) is 5.69 Å². The standard InChI is InChI=1S/C10H11N3O2/c11-9(14)6-3-7-1-4-8(5-2-7)13-10(12)15/h1-6H,(H2,11,14)(H3,12,13,15). The molecule has 0 spiro atoms. The van der Waals surface area contributed by atoms with Crippen molar-refractivity contribution in [3.8, 4) is 0 Å². The maximum atomic E-state index is 10.5. The molecule has 0 aromatic heterocycles. The average molecular weight is 205 g/mol. The van der Waals surface area contributed by atoms with E-state index in [1.165, 1.54) is 6.08 Å². The normalized spacial score (nSPS) is 10.1. The molecule has 78 valence electrons. The van der Waals surface area contributed by atoms with Crippen LogP contribution in [0.15, 0.2) is 30.3 Å². The van der Waals surface area contributed by atoms with Crippen molar-refractivity contribution in [3.05, 3.63) is 35.9 Å². The molecule has 0 heterocycles. The topological polar surface area (TPSA) is 98.2 Å². The highest BCUT2D eigenvalue weighted by atomic mass is 16.2. The van der Waals surface area contributed by atoms with Crippen LogP contribution in [-0.4, -0.2) is 11.9 Å². The number of anilines is 1. The van der Waals surface area contributed by atoms with Gasteiger partial charge in [-0.15, -0.1) is 0 Å². The molecule has 0 radical (unpaired) electrons. The van der Waals surface area contributed by atoms with Crippen molar-refractivity contribution in [1.82, 2.24) is 0 Å². The van der Waals surface area contributed by atoms with Gasteiger partial charge in [0.15, 0.2) is 0 Å². The van der Waals surface area contributed by atoms with Crippen LogP contribution in [0.2, 0.25) is 0 Å². The van der Waals surface area contributed by atoms with Gasteiger partial charge < -0.3 is 16.8 Å². The lowest BCUT2D eigenvalue weighted by molar-refractivity contribution is -0.113. The van der Waals surface area contributed by atoms with Gasteiger partial charge in [0, 0.05) is 11.8 Å². The first-order chi connectivity index (χ1) is 7.08. The molecule has 3 amide bonds. The third-order valence-electron chi connectivity index (χ3n) is 1.62. The van der Waals surface area contributed by atoms with Gasteiger partial charge in [-0.1, -0.05) is 12.1 Å². The lowest BCUT2D eigenvalue weighted by Crippen LogP contribution is -2.19. The highest BCUT2D eigenvalue weighted by Crippen LogP contribution is 2.10. The van der Waals surface area contributed by atoms with E-state index in [9.17, 15) is 9.59 Å². The summed E-state index contributed by atoms with van der Waals surface area (Å²) in [6.45, 7) is 0. The number of amides is 3. The van der Waals surface area contributed by atoms with E-state index in [2.05, 4.69) is 5.32 Å². The van der Waals surface area contributed by atoms with E-state index in [4.69, 9.17) is 11.5 Å². The molecule has 0 atom stereocenters. The highest BCUT2D eigenvalue weighted by Gasteiger charge is 1.94. The van der Waals surface area contributed by atoms with Crippen LogP contribution in [0.4, 0.5) is 10.5 Å². The zero-order valence-corrected chi connectivity index (χ0v) is 7.94. The molecule has 0 aliphatic carbocycles. The summed E-state index contributed by atoms with van der Waals surface area (Å²) >= 11 is 0. The minimum absolute atomic E-state index is 0.505. The van der Waals surface area contributed by atoms with Gasteiger partial charge in [0.2, 0.25) is 5.91 Å². The van der Waals surface area contributed by atoms with Gasteiger partial charge in [-0.3, -0.25) is 4.79 Å². The molecule has 5 N–H and O–H groups in total. The second-order valence-electron chi connectivity index (χ2n) is 2.85. The number of rotatable bonds is 3. The molecule has 0 fully saturated rings. The minimum atomic E-state index is -0.615. The quantitative estimate of drug-likeness (QED) is 0.632. The number of urea groups is 1. The van der Waals surface area contributed by atoms with Gasteiger partial charge in [0.05, 0.1) is 0 Å². The van der Waals surface area contributed by atoms with Crippen LogP contribution in [-0.2, 0) is 4.79 Å². The van der Waals surface area contributed by atoms with Crippen molar-refractivity contribution in [2.24, 2.45) is 11.5 Å². The minimum Gasteiger partial charge on any atom is -0.366 e. The highest BCUT2D eigenvalue weighted by molar-refractivity contribution is 5.90. The zero-order chi connectivity index (χ0) is 11.3. The van der Waals surface area contributed by atoms with Gasteiger partial charge in [-0.2, -0.15) is 0 Å². The van der Waals surface area contributed by atoms with Gasteiger partial charge in [0.1, 0.15) is 0 Å². The Labute approximate surface area is 86.8 Å². The fourth-order valence-electron chi connectivity index (χ4n) is 0.998. The lowest BCUT2D eigenvalue weighted by Gasteiger charge is -2.00. The molecular formula is C10H11N3O2. The Balaban J connectivity index is 2.72.